The van der Waals surface area contributed by atoms with E-state index in [2.05, 4.69) is 0 Å². The minimum absolute atomic E-state index is 0.0936. The minimum Gasteiger partial charge on any atom is -0.481 e. The predicted octanol–water partition coefficient (Wildman–Crippen LogP) is 1.94. The highest BCUT2D eigenvalue weighted by atomic mass is 19.1. The lowest BCUT2D eigenvalue weighted by atomic mass is 10.0. The Hall–Kier alpha value is -1.45. The molecule has 1 aromatic rings. The number of carboxylic acid groups (broad SMARTS) is 1. The minimum atomic E-state index is -0.903. The smallest absolute Gasteiger partial charge is 0.307 e. The van der Waals surface area contributed by atoms with Crippen molar-refractivity contribution in [3.63, 3.8) is 0 Å². The van der Waals surface area contributed by atoms with Gasteiger partial charge in [0.2, 0.25) is 0 Å². The van der Waals surface area contributed by atoms with E-state index in [-0.39, 0.29) is 11.8 Å². The zero-order valence-corrected chi connectivity index (χ0v) is 7.71. The van der Waals surface area contributed by atoms with E-state index in [1.54, 1.807) is 0 Å². The lowest BCUT2D eigenvalue weighted by Crippen LogP contribution is -2.07. The summed E-state index contributed by atoms with van der Waals surface area (Å²) in [6.07, 6.45) is 0.362. The van der Waals surface area contributed by atoms with Crippen LogP contribution in [0.5, 0.6) is 0 Å². The van der Waals surface area contributed by atoms with E-state index in [0.717, 1.165) is 12.1 Å². The number of halogens is 2. The van der Waals surface area contributed by atoms with Gasteiger partial charge in [-0.3, -0.25) is 4.79 Å². The SMILES string of the molecule is O=C(O)[C@@H]1C2Cc3c(F)ccc(F)c3C21. The summed E-state index contributed by atoms with van der Waals surface area (Å²) in [5.41, 5.74) is 0.676. The zero-order chi connectivity index (χ0) is 10.7. The molecule has 0 spiro atoms. The largest absolute Gasteiger partial charge is 0.481 e. The van der Waals surface area contributed by atoms with Crippen LogP contribution in [0.4, 0.5) is 8.78 Å². The molecule has 78 valence electrons. The van der Waals surface area contributed by atoms with Gasteiger partial charge < -0.3 is 5.11 Å². The molecule has 1 aromatic carbocycles. The average Bonchev–Trinajstić information content (AvgIpc) is 2.75. The summed E-state index contributed by atoms with van der Waals surface area (Å²) in [5.74, 6) is -2.68. The summed E-state index contributed by atoms with van der Waals surface area (Å²) in [6, 6.07) is 2.18. The molecule has 3 rings (SSSR count). The summed E-state index contributed by atoms with van der Waals surface area (Å²) < 4.78 is 26.7. The van der Waals surface area contributed by atoms with Gasteiger partial charge in [0.05, 0.1) is 5.92 Å². The molecule has 2 aliphatic carbocycles. The van der Waals surface area contributed by atoms with Crippen LogP contribution in [0.2, 0.25) is 0 Å². The molecular weight excluding hydrogens is 202 g/mol. The van der Waals surface area contributed by atoms with Crippen LogP contribution >= 0.6 is 0 Å². The molecule has 2 aliphatic rings. The molecule has 0 radical (unpaired) electrons. The highest BCUT2D eigenvalue weighted by Crippen LogP contribution is 2.62. The van der Waals surface area contributed by atoms with E-state index in [1.807, 2.05) is 0 Å². The van der Waals surface area contributed by atoms with Crippen molar-refractivity contribution < 1.29 is 18.7 Å². The zero-order valence-electron chi connectivity index (χ0n) is 7.71. The number of benzene rings is 1. The van der Waals surface area contributed by atoms with Crippen LogP contribution in [-0.2, 0) is 11.2 Å². The van der Waals surface area contributed by atoms with Gasteiger partial charge in [0.25, 0.3) is 0 Å². The molecule has 15 heavy (non-hydrogen) atoms. The first-order valence-corrected chi connectivity index (χ1v) is 4.81. The molecule has 1 N–H and O–H groups in total. The van der Waals surface area contributed by atoms with Gasteiger partial charge in [-0.2, -0.15) is 0 Å². The third kappa shape index (κ3) is 0.991. The van der Waals surface area contributed by atoms with Gasteiger partial charge >= 0.3 is 5.97 Å². The molecule has 4 heteroatoms. The molecule has 2 nitrogen and oxygen atoms in total. The monoisotopic (exact) mass is 210 g/mol. The van der Waals surface area contributed by atoms with Gasteiger partial charge in [-0.15, -0.1) is 0 Å². The molecule has 0 aromatic heterocycles. The van der Waals surface area contributed by atoms with E-state index in [9.17, 15) is 13.6 Å². The van der Waals surface area contributed by atoms with Crippen molar-refractivity contribution in [3.8, 4) is 0 Å². The van der Waals surface area contributed by atoms with E-state index in [0.29, 0.717) is 17.5 Å². The van der Waals surface area contributed by atoms with Crippen molar-refractivity contribution >= 4 is 5.97 Å². The maximum Gasteiger partial charge on any atom is 0.307 e. The third-order valence-corrected chi connectivity index (χ3v) is 3.47. The molecule has 1 saturated carbocycles. The first kappa shape index (κ1) is 8.83. The molecule has 0 aliphatic heterocycles. The van der Waals surface area contributed by atoms with Gasteiger partial charge in [-0.1, -0.05) is 0 Å². The molecule has 1 fully saturated rings. The molecule has 0 bridgehead atoms. The third-order valence-electron chi connectivity index (χ3n) is 3.47. The molecule has 0 amide bonds. The second-order valence-electron chi connectivity index (χ2n) is 4.18. The van der Waals surface area contributed by atoms with Crippen molar-refractivity contribution in [2.45, 2.75) is 12.3 Å². The van der Waals surface area contributed by atoms with Gasteiger partial charge in [0.15, 0.2) is 0 Å². The van der Waals surface area contributed by atoms with Crippen LogP contribution in [0.3, 0.4) is 0 Å². The maximum atomic E-state index is 13.4. The van der Waals surface area contributed by atoms with Crippen LogP contribution < -0.4 is 0 Å². The number of carbonyl (C=O) groups is 1. The Bertz CT molecular complexity index is 470. The number of rotatable bonds is 1. The van der Waals surface area contributed by atoms with Crippen molar-refractivity contribution in [3.05, 3.63) is 34.9 Å². The molecule has 0 heterocycles. The molecule has 0 saturated heterocycles. The lowest BCUT2D eigenvalue weighted by Gasteiger charge is -2.07. The fourth-order valence-corrected chi connectivity index (χ4v) is 2.77. The lowest BCUT2D eigenvalue weighted by molar-refractivity contribution is -0.139. The number of fused-ring (bicyclic) bond motifs is 3. The van der Waals surface area contributed by atoms with Gasteiger partial charge in [0.1, 0.15) is 11.6 Å². The summed E-state index contributed by atoms with van der Waals surface area (Å²) in [5, 5.41) is 8.83. The number of hydrogen-bond donors (Lipinski definition) is 1. The quantitative estimate of drug-likeness (QED) is 0.769. The van der Waals surface area contributed by atoms with Crippen molar-refractivity contribution in [2.24, 2.45) is 11.8 Å². The van der Waals surface area contributed by atoms with Crippen molar-refractivity contribution in [2.75, 3.05) is 0 Å². The Morgan fingerprint density at radius 1 is 1.33 bits per heavy atom. The Morgan fingerprint density at radius 3 is 2.67 bits per heavy atom. The van der Waals surface area contributed by atoms with Crippen LogP contribution in [0.1, 0.15) is 17.0 Å². The van der Waals surface area contributed by atoms with E-state index in [4.69, 9.17) is 5.11 Å². The highest BCUT2D eigenvalue weighted by Gasteiger charge is 2.61. The van der Waals surface area contributed by atoms with Crippen LogP contribution in [0.15, 0.2) is 12.1 Å². The Labute approximate surface area is 84.5 Å². The van der Waals surface area contributed by atoms with Crippen molar-refractivity contribution in [1.29, 1.82) is 0 Å². The number of hydrogen-bond acceptors (Lipinski definition) is 1. The topological polar surface area (TPSA) is 37.3 Å². The maximum absolute atomic E-state index is 13.4. The van der Waals surface area contributed by atoms with Gasteiger partial charge in [0, 0.05) is 5.92 Å². The van der Waals surface area contributed by atoms with E-state index >= 15 is 0 Å². The predicted molar refractivity (Wildman–Crippen MR) is 47.4 cm³/mol. The normalized spacial score (nSPS) is 30.9. The number of aliphatic carboxylic acids is 1. The summed E-state index contributed by atoms with van der Waals surface area (Å²) in [7, 11) is 0. The fourth-order valence-electron chi connectivity index (χ4n) is 2.77. The van der Waals surface area contributed by atoms with Crippen LogP contribution in [0, 0.1) is 23.5 Å². The van der Waals surface area contributed by atoms with Gasteiger partial charge in [-0.25, -0.2) is 8.78 Å². The summed E-state index contributed by atoms with van der Waals surface area (Å²) in [6.45, 7) is 0. The fraction of sp³-hybridized carbons (Fsp3) is 0.364. The Morgan fingerprint density at radius 2 is 2.00 bits per heavy atom. The first-order chi connectivity index (χ1) is 7.11. The second kappa shape index (κ2) is 2.56. The second-order valence-corrected chi connectivity index (χ2v) is 4.18. The van der Waals surface area contributed by atoms with Crippen LogP contribution in [-0.4, -0.2) is 11.1 Å². The van der Waals surface area contributed by atoms with Crippen LogP contribution in [0.25, 0.3) is 0 Å². The molecule has 2 unspecified atom stereocenters. The van der Waals surface area contributed by atoms with Gasteiger partial charge in [-0.05, 0) is 35.6 Å². The van der Waals surface area contributed by atoms with E-state index < -0.39 is 23.5 Å². The van der Waals surface area contributed by atoms with E-state index in [1.165, 1.54) is 0 Å². The Kier molecular flexibility index (Phi) is 1.51. The molecular formula is C11H8F2O2. The Balaban J connectivity index is 2.09. The number of carboxylic acids is 1. The summed E-state index contributed by atoms with van der Waals surface area (Å²) in [4.78, 5) is 10.8. The first-order valence-electron chi connectivity index (χ1n) is 4.81. The van der Waals surface area contributed by atoms with Crippen molar-refractivity contribution in [1.82, 2.24) is 0 Å². The summed E-state index contributed by atoms with van der Waals surface area (Å²) >= 11 is 0. The molecule has 3 atom stereocenters. The average molecular weight is 210 g/mol. The highest BCUT2D eigenvalue weighted by molar-refractivity contribution is 5.77. The standard InChI is InChI=1S/C11H8F2O2/c12-6-1-2-7(13)8-4(6)3-5-9(8)10(5)11(14)15/h1-2,5,9-10H,3H2,(H,14,15)/t5?,9?,10-/m1/s1.